The lowest BCUT2D eigenvalue weighted by Gasteiger charge is -2.39. The fraction of sp³-hybridized carbons (Fsp3) is 0.350. The van der Waals surface area contributed by atoms with Crippen molar-refractivity contribution in [3.8, 4) is 5.75 Å². The van der Waals surface area contributed by atoms with E-state index in [2.05, 4.69) is 30.0 Å². The lowest BCUT2D eigenvalue weighted by atomic mass is 10.1. The van der Waals surface area contributed by atoms with Gasteiger partial charge in [-0.1, -0.05) is 36.4 Å². The summed E-state index contributed by atoms with van der Waals surface area (Å²) in [6.45, 7) is 6.43. The molecule has 1 amide bonds. The summed E-state index contributed by atoms with van der Waals surface area (Å²) in [4.78, 5) is 17.0. The van der Waals surface area contributed by atoms with Crippen molar-refractivity contribution >= 4 is 11.6 Å². The van der Waals surface area contributed by atoms with Crippen LogP contribution in [0.15, 0.2) is 48.5 Å². The van der Waals surface area contributed by atoms with Gasteiger partial charge in [-0.3, -0.25) is 9.69 Å². The molecule has 4 heteroatoms. The average molecular weight is 324 g/mol. The maximum absolute atomic E-state index is 12.9. The van der Waals surface area contributed by atoms with E-state index in [4.69, 9.17) is 4.74 Å². The predicted molar refractivity (Wildman–Crippen MR) is 96.4 cm³/mol. The van der Waals surface area contributed by atoms with E-state index in [1.165, 1.54) is 11.1 Å². The lowest BCUT2D eigenvalue weighted by Crippen LogP contribution is -2.55. The molecule has 2 aromatic carbocycles. The first kappa shape index (κ1) is 16.5. The zero-order valence-corrected chi connectivity index (χ0v) is 14.5. The van der Waals surface area contributed by atoms with E-state index in [9.17, 15) is 4.79 Å². The Labute approximate surface area is 143 Å². The first-order valence-corrected chi connectivity index (χ1v) is 8.34. The van der Waals surface area contributed by atoms with E-state index in [1.54, 1.807) is 7.11 Å². The van der Waals surface area contributed by atoms with Crippen molar-refractivity contribution in [2.24, 2.45) is 0 Å². The number of methoxy groups -OCH3 is 1. The number of carbonyl (C=O) groups is 1. The summed E-state index contributed by atoms with van der Waals surface area (Å²) in [5.74, 6) is 0.865. The van der Waals surface area contributed by atoms with Gasteiger partial charge in [0.05, 0.1) is 18.8 Å². The molecule has 1 saturated heterocycles. The Hall–Kier alpha value is -2.33. The molecule has 0 aliphatic carbocycles. The highest BCUT2D eigenvalue weighted by Gasteiger charge is 2.33. The van der Waals surface area contributed by atoms with Crippen molar-refractivity contribution < 1.29 is 9.53 Å². The van der Waals surface area contributed by atoms with Crippen LogP contribution in [0.25, 0.3) is 0 Å². The first-order valence-electron chi connectivity index (χ1n) is 8.34. The summed E-state index contributed by atoms with van der Waals surface area (Å²) < 4.78 is 5.41. The molecule has 0 aromatic heterocycles. The highest BCUT2D eigenvalue weighted by molar-refractivity contribution is 5.98. The number of aryl methyl sites for hydroxylation is 1. The molecule has 0 saturated carbocycles. The average Bonchev–Trinajstić information content (AvgIpc) is 2.61. The second kappa shape index (κ2) is 7.05. The van der Waals surface area contributed by atoms with Crippen molar-refractivity contribution in [3.05, 3.63) is 59.7 Å². The minimum atomic E-state index is -0.150. The molecular formula is C20H24N2O2. The fourth-order valence-corrected chi connectivity index (χ4v) is 3.23. The Morgan fingerprint density at radius 1 is 1.08 bits per heavy atom. The van der Waals surface area contributed by atoms with Gasteiger partial charge < -0.3 is 9.64 Å². The zero-order chi connectivity index (χ0) is 17.1. The molecule has 2 aromatic rings. The fourth-order valence-electron chi connectivity index (χ4n) is 3.23. The third-order valence-electron chi connectivity index (χ3n) is 4.79. The number of ether oxygens (including phenoxy) is 1. The maximum atomic E-state index is 12.9. The lowest BCUT2D eigenvalue weighted by molar-refractivity contribution is -0.125. The van der Waals surface area contributed by atoms with Crippen LogP contribution in [0.1, 0.15) is 18.1 Å². The second-order valence-electron chi connectivity index (χ2n) is 6.23. The molecule has 0 N–H and O–H groups in total. The highest BCUT2D eigenvalue weighted by atomic mass is 16.5. The second-order valence-corrected chi connectivity index (χ2v) is 6.23. The summed E-state index contributed by atoms with van der Waals surface area (Å²) in [6, 6.07) is 15.9. The molecule has 0 radical (unpaired) electrons. The molecule has 24 heavy (non-hydrogen) atoms. The van der Waals surface area contributed by atoms with Gasteiger partial charge in [0.1, 0.15) is 5.75 Å². The van der Waals surface area contributed by atoms with Gasteiger partial charge >= 0.3 is 0 Å². The van der Waals surface area contributed by atoms with Crippen LogP contribution in [0, 0.1) is 6.92 Å². The van der Waals surface area contributed by atoms with Crippen LogP contribution in [-0.2, 0) is 11.3 Å². The Morgan fingerprint density at radius 2 is 1.79 bits per heavy atom. The van der Waals surface area contributed by atoms with Crippen LogP contribution in [0.5, 0.6) is 5.75 Å². The number of hydrogen-bond acceptors (Lipinski definition) is 3. The van der Waals surface area contributed by atoms with Gasteiger partial charge in [0.15, 0.2) is 0 Å². The molecule has 1 fully saturated rings. The molecule has 1 aliphatic heterocycles. The number of amides is 1. The highest BCUT2D eigenvalue weighted by Crippen LogP contribution is 2.30. The Bertz CT molecular complexity index is 729. The third-order valence-corrected chi connectivity index (χ3v) is 4.79. The van der Waals surface area contributed by atoms with Crippen LogP contribution in [0.2, 0.25) is 0 Å². The molecule has 4 nitrogen and oxygen atoms in total. The van der Waals surface area contributed by atoms with Crippen molar-refractivity contribution in [2.75, 3.05) is 25.1 Å². The number of nitrogens with zero attached hydrogens (tertiary/aromatic N) is 2. The number of carbonyl (C=O) groups excluding carboxylic acids is 1. The van der Waals surface area contributed by atoms with Gasteiger partial charge in [0.25, 0.3) is 0 Å². The zero-order valence-electron chi connectivity index (χ0n) is 14.5. The van der Waals surface area contributed by atoms with E-state index >= 15 is 0 Å². The third kappa shape index (κ3) is 3.15. The minimum absolute atomic E-state index is 0.124. The molecule has 0 bridgehead atoms. The van der Waals surface area contributed by atoms with Crippen molar-refractivity contribution in [2.45, 2.75) is 26.4 Å². The van der Waals surface area contributed by atoms with Gasteiger partial charge in [0, 0.05) is 19.6 Å². The molecule has 1 aliphatic rings. The van der Waals surface area contributed by atoms with E-state index in [-0.39, 0.29) is 11.9 Å². The predicted octanol–water partition coefficient (Wildman–Crippen LogP) is 3.24. The summed E-state index contributed by atoms with van der Waals surface area (Å²) in [7, 11) is 1.64. The number of rotatable bonds is 4. The van der Waals surface area contributed by atoms with Gasteiger partial charge in [-0.05, 0) is 37.1 Å². The monoisotopic (exact) mass is 324 g/mol. The number of para-hydroxylation sites is 2. The first-order chi connectivity index (χ1) is 11.6. The summed E-state index contributed by atoms with van der Waals surface area (Å²) in [6.07, 6.45) is 0. The molecule has 1 unspecified atom stereocenters. The number of benzene rings is 2. The SMILES string of the molecule is COc1ccccc1N1CCN(Cc2ccccc2C)C(C)C1=O. The van der Waals surface area contributed by atoms with Crippen LogP contribution >= 0.6 is 0 Å². The topological polar surface area (TPSA) is 32.8 Å². The maximum Gasteiger partial charge on any atom is 0.244 e. The molecule has 126 valence electrons. The van der Waals surface area contributed by atoms with Crippen molar-refractivity contribution in [3.63, 3.8) is 0 Å². The van der Waals surface area contributed by atoms with Crippen LogP contribution in [-0.4, -0.2) is 37.0 Å². The molecule has 1 atom stereocenters. The van der Waals surface area contributed by atoms with Crippen LogP contribution in [0.4, 0.5) is 5.69 Å². The summed E-state index contributed by atoms with van der Waals surface area (Å²) >= 11 is 0. The standard InChI is InChI=1S/C20H24N2O2/c1-15-8-4-5-9-17(15)14-21-12-13-22(20(23)16(21)2)18-10-6-7-11-19(18)24-3/h4-11,16H,12-14H2,1-3H3. The largest absolute Gasteiger partial charge is 0.495 e. The summed E-state index contributed by atoms with van der Waals surface area (Å²) in [5, 5.41) is 0. The van der Waals surface area contributed by atoms with E-state index in [0.29, 0.717) is 6.54 Å². The van der Waals surface area contributed by atoms with Gasteiger partial charge in [0.2, 0.25) is 5.91 Å². The van der Waals surface area contributed by atoms with Gasteiger partial charge in [-0.2, -0.15) is 0 Å². The van der Waals surface area contributed by atoms with Crippen LogP contribution in [0.3, 0.4) is 0 Å². The van der Waals surface area contributed by atoms with Crippen molar-refractivity contribution in [1.82, 2.24) is 4.90 Å². The van der Waals surface area contributed by atoms with E-state index < -0.39 is 0 Å². The smallest absolute Gasteiger partial charge is 0.244 e. The normalized spacial score (nSPS) is 18.7. The van der Waals surface area contributed by atoms with E-state index in [1.807, 2.05) is 42.2 Å². The number of piperazine rings is 1. The molecule has 0 spiro atoms. The quantitative estimate of drug-likeness (QED) is 0.865. The van der Waals surface area contributed by atoms with Crippen molar-refractivity contribution in [1.29, 1.82) is 0 Å². The Morgan fingerprint density at radius 3 is 2.54 bits per heavy atom. The molecular weight excluding hydrogens is 300 g/mol. The number of hydrogen-bond donors (Lipinski definition) is 0. The Balaban J connectivity index is 1.78. The minimum Gasteiger partial charge on any atom is -0.495 e. The molecule has 3 rings (SSSR count). The Kier molecular flexibility index (Phi) is 4.86. The number of anilines is 1. The van der Waals surface area contributed by atoms with Crippen LogP contribution < -0.4 is 9.64 Å². The van der Waals surface area contributed by atoms with Gasteiger partial charge in [-0.25, -0.2) is 0 Å². The van der Waals surface area contributed by atoms with Gasteiger partial charge in [-0.15, -0.1) is 0 Å². The molecule has 1 heterocycles. The van der Waals surface area contributed by atoms with E-state index in [0.717, 1.165) is 24.5 Å². The summed E-state index contributed by atoms with van der Waals surface area (Å²) in [5.41, 5.74) is 3.40.